The van der Waals surface area contributed by atoms with Gasteiger partial charge in [-0.25, -0.2) is 0 Å². The molecule has 2 fully saturated rings. The van der Waals surface area contributed by atoms with E-state index >= 15 is 0 Å². The molecule has 0 saturated carbocycles. The van der Waals surface area contributed by atoms with Crippen LogP contribution in [0.15, 0.2) is 12.1 Å². The summed E-state index contributed by atoms with van der Waals surface area (Å²) in [5.74, 6) is -0.0454. The molecule has 3 heterocycles. The standard InChI is InChI=1S/C14H19ClN2O2S/c1-10-8-12(14(18)19-10)17-6-4-16(5-7-17)9-11-2-3-13(15)20-11/h2-3,10,12H,4-9H2,1H3. The van der Waals surface area contributed by atoms with Gasteiger partial charge in [0.05, 0.1) is 4.34 Å². The van der Waals surface area contributed by atoms with Crippen molar-refractivity contribution in [3.05, 3.63) is 21.3 Å². The van der Waals surface area contributed by atoms with E-state index in [0.717, 1.165) is 43.5 Å². The molecule has 2 saturated heterocycles. The Morgan fingerprint density at radius 2 is 2.10 bits per heavy atom. The molecule has 0 N–H and O–H groups in total. The third kappa shape index (κ3) is 3.17. The second-order valence-corrected chi connectivity index (χ2v) is 7.32. The Morgan fingerprint density at radius 1 is 1.35 bits per heavy atom. The molecular formula is C14H19ClN2O2S. The van der Waals surface area contributed by atoms with Gasteiger partial charge >= 0.3 is 5.97 Å². The molecule has 0 radical (unpaired) electrons. The third-order valence-corrected chi connectivity index (χ3v) is 5.22. The van der Waals surface area contributed by atoms with Crippen LogP contribution in [0.3, 0.4) is 0 Å². The first kappa shape index (κ1) is 14.3. The predicted octanol–water partition coefficient (Wildman–Crippen LogP) is 2.22. The zero-order valence-corrected chi connectivity index (χ0v) is 13.1. The minimum Gasteiger partial charge on any atom is -0.461 e. The van der Waals surface area contributed by atoms with E-state index in [1.165, 1.54) is 4.88 Å². The van der Waals surface area contributed by atoms with Crippen LogP contribution in [0.1, 0.15) is 18.2 Å². The van der Waals surface area contributed by atoms with Gasteiger partial charge in [-0.2, -0.15) is 0 Å². The quantitative estimate of drug-likeness (QED) is 0.801. The highest BCUT2D eigenvalue weighted by Crippen LogP contribution is 2.24. The van der Waals surface area contributed by atoms with E-state index in [-0.39, 0.29) is 18.1 Å². The Balaban J connectivity index is 1.51. The number of hydrogen-bond donors (Lipinski definition) is 0. The van der Waals surface area contributed by atoms with Crippen LogP contribution in [0, 0.1) is 0 Å². The number of rotatable bonds is 3. The number of hydrogen-bond acceptors (Lipinski definition) is 5. The number of cyclic esters (lactones) is 1. The van der Waals surface area contributed by atoms with E-state index < -0.39 is 0 Å². The van der Waals surface area contributed by atoms with Crippen LogP contribution in [0.4, 0.5) is 0 Å². The van der Waals surface area contributed by atoms with Crippen molar-refractivity contribution in [3.63, 3.8) is 0 Å². The number of thiophene rings is 1. The Morgan fingerprint density at radius 3 is 2.65 bits per heavy atom. The SMILES string of the molecule is CC1CC(N2CCN(Cc3ccc(Cl)s3)CC2)C(=O)O1. The zero-order chi connectivity index (χ0) is 14.1. The molecule has 4 nitrogen and oxygen atoms in total. The van der Waals surface area contributed by atoms with Crippen molar-refractivity contribution in [2.24, 2.45) is 0 Å². The van der Waals surface area contributed by atoms with Gasteiger partial charge in [-0.3, -0.25) is 14.6 Å². The van der Waals surface area contributed by atoms with Crippen molar-refractivity contribution in [2.45, 2.75) is 32.0 Å². The Labute approximate surface area is 128 Å². The normalized spacial score (nSPS) is 28.8. The molecule has 1 aromatic heterocycles. The number of piperazine rings is 1. The molecule has 2 unspecified atom stereocenters. The van der Waals surface area contributed by atoms with Crippen molar-refractivity contribution >= 4 is 28.9 Å². The highest BCUT2D eigenvalue weighted by Gasteiger charge is 2.37. The summed E-state index contributed by atoms with van der Waals surface area (Å²) >= 11 is 7.60. The monoisotopic (exact) mass is 314 g/mol. The number of esters is 1. The van der Waals surface area contributed by atoms with Gasteiger partial charge < -0.3 is 4.74 Å². The highest BCUT2D eigenvalue weighted by molar-refractivity contribution is 7.16. The van der Waals surface area contributed by atoms with Gasteiger partial charge in [0, 0.05) is 44.0 Å². The molecule has 0 aliphatic carbocycles. The van der Waals surface area contributed by atoms with Crippen LogP contribution in [-0.2, 0) is 16.1 Å². The summed E-state index contributed by atoms with van der Waals surface area (Å²) in [4.78, 5) is 17.8. The molecule has 6 heteroatoms. The summed E-state index contributed by atoms with van der Waals surface area (Å²) in [5, 5.41) is 0. The first-order valence-electron chi connectivity index (χ1n) is 7.03. The molecule has 0 aromatic carbocycles. The minimum atomic E-state index is -0.0454. The largest absolute Gasteiger partial charge is 0.461 e. The lowest BCUT2D eigenvalue weighted by molar-refractivity contribution is -0.145. The maximum Gasteiger partial charge on any atom is 0.323 e. The van der Waals surface area contributed by atoms with Gasteiger partial charge in [-0.15, -0.1) is 11.3 Å². The smallest absolute Gasteiger partial charge is 0.323 e. The summed E-state index contributed by atoms with van der Waals surface area (Å²) < 4.78 is 6.09. The van der Waals surface area contributed by atoms with E-state index in [9.17, 15) is 4.79 Å². The number of halogens is 1. The fourth-order valence-corrected chi connectivity index (χ4v) is 4.05. The molecule has 2 atom stereocenters. The second-order valence-electron chi connectivity index (χ2n) is 5.52. The van der Waals surface area contributed by atoms with Gasteiger partial charge in [0.1, 0.15) is 12.1 Å². The molecule has 2 aliphatic rings. The summed E-state index contributed by atoms with van der Waals surface area (Å²) in [5.41, 5.74) is 0. The lowest BCUT2D eigenvalue weighted by Gasteiger charge is -2.36. The van der Waals surface area contributed by atoms with Crippen molar-refractivity contribution in [2.75, 3.05) is 26.2 Å². The maximum absolute atomic E-state index is 11.8. The number of nitrogens with zero attached hydrogens (tertiary/aromatic N) is 2. The van der Waals surface area contributed by atoms with Crippen molar-refractivity contribution in [1.82, 2.24) is 9.80 Å². The second kappa shape index (κ2) is 6.02. The lowest BCUT2D eigenvalue weighted by atomic mass is 10.1. The fraction of sp³-hybridized carbons (Fsp3) is 0.643. The molecular weight excluding hydrogens is 296 g/mol. The Kier molecular flexibility index (Phi) is 4.31. The lowest BCUT2D eigenvalue weighted by Crippen LogP contribution is -2.51. The van der Waals surface area contributed by atoms with Crippen LogP contribution < -0.4 is 0 Å². The summed E-state index contributed by atoms with van der Waals surface area (Å²) in [6.45, 7) is 6.78. The average Bonchev–Trinajstić information content (AvgIpc) is 2.96. The molecule has 0 bridgehead atoms. The fourth-order valence-electron chi connectivity index (χ4n) is 2.92. The van der Waals surface area contributed by atoms with E-state index in [0.29, 0.717) is 0 Å². The van der Waals surface area contributed by atoms with Gasteiger partial charge in [-0.1, -0.05) is 11.6 Å². The van der Waals surface area contributed by atoms with E-state index in [2.05, 4.69) is 15.9 Å². The van der Waals surface area contributed by atoms with Crippen molar-refractivity contribution in [3.8, 4) is 0 Å². The van der Waals surface area contributed by atoms with Crippen LogP contribution in [0.5, 0.6) is 0 Å². The third-order valence-electron chi connectivity index (χ3n) is 4.00. The molecule has 0 spiro atoms. The van der Waals surface area contributed by atoms with E-state index in [4.69, 9.17) is 16.3 Å². The number of ether oxygens (including phenoxy) is 1. The molecule has 0 amide bonds. The summed E-state index contributed by atoms with van der Waals surface area (Å²) in [6.07, 6.45) is 0.901. The topological polar surface area (TPSA) is 32.8 Å². The van der Waals surface area contributed by atoms with Gasteiger partial charge in [0.25, 0.3) is 0 Å². The zero-order valence-electron chi connectivity index (χ0n) is 11.5. The van der Waals surface area contributed by atoms with E-state index in [1.54, 1.807) is 11.3 Å². The molecule has 20 heavy (non-hydrogen) atoms. The van der Waals surface area contributed by atoms with Gasteiger partial charge in [0.2, 0.25) is 0 Å². The first-order valence-corrected chi connectivity index (χ1v) is 8.22. The van der Waals surface area contributed by atoms with Gasteiger partial charge in [0.15, 0.2) is 0 Å². The minimum absolute atomic E-state index is 0.0247. The van der Waals surface area contributed by atoms with Crippen LogP contribution >= 0.6 is 22.9 Å². The van der Waals surface area contributed by atoms with Gasteiger partial charge in [-0.05, 0) is 19.1 Å². The molecule has 3 rings (SSSR count). The number of carbonyl (C=O) groups is 1. The number of carbonyl (C=O) groups excluding carboxylic acids is 1. The summed E-state index contributed by atoms with van der Waals surface area (Å²) in [6, 6.07) is 4.02. The van der Waals surface area contributed by atoms with Crippen LogP contribution in [0.25, 0.3) is 0 Å². The maximum atomic E-state index is 11.8. The molecule has 110 valence electrons. The average molecular weight is 315 g/mol. The van der Waals surface area contributed by atoms with E-state index in [1.807, 2.05) is 13.0 Å². The van der Waals surface area contributed by atoms with Crippen LogP contribution in [-0.4, -0.2) is 54.1 Å². The molecule has 1 aromatic rings. The van der Waals surface area contributed by atoms with Crippen LogP contribution in [0.2, 0.25) is 4.34 Å². The predicted molar refractivity (Wildman–Crippen MR) is 80.1 cm³/mol. The Hall–Kier alpha value is -0.620. The first-order chi connectivity index (χ1) is 9.61. The van der Waals surface area contributed by atoms with Crippen molar-refractivity contribution < 1.29 is 9.53 Å². The summed E-state index contributed by atoms with van der Waals surface area (Å²) in [7, 11) is 0. The molecule has 2 aliphatic heterocycles. The highest BCUT2D eigenvalue weighted by atomic mass is 35.5. The Bertz CT molecular complexity index is 485. The van der Waals surface area contributed by atoms with Crippen molar-refractivity contribution in [1.29, 1.82) is 0 Å².